The molecule has 0 N–H and O–H groups in total. The Labute approximate surface area is 104 Å². The highest BCUT2D eigenvalue weighted by Gasteiger charge is 2.43. The van der Waals surface area contributed by atoms with Crippen LogP contribution in [0.4, 0.5) is 0 Å². The topological polar surface area (TPSA) is 34.3 Å². The van der Waals surface area contributed by atoms with E-state index in [0.29, 0.717) is 24.2 Å². The van der Waals surface area contributed by atoms with Gasteiger partial charge in [0.1, 0.15) is 6.10 Å². The summed E-state index contributed by atoms with van der Waals surface area (Å²) in [7, 11) is 0. The Bertz CT molecular complexity index is 252. The van der Waals surface area contributed by atoms with Gasteiger partial charge in [0, 0.05) is 6.61 Å². The lowest BCUT2D eigenvalue weighted by Gasteiger charge is -2.20. The molecule has 98 valence electrons. The first-order valence-corrected chi connectivity index (χ1v) is 7.16. The van der Waals surface area contributed by atoms with Crippen molar-refractivity contribution in [1.82, 2.24) is 0 Å². The van der Waals surface area contributed by atoms with Crippen molar-refractivity contribution in [1.29, 1.82) is 0 Å². The fourth-order valence-electron chi connectivity index (χ4n) is 2.92. The van der Waals surface area contributed by atoms with E-state index in [1.54, 1.807) is 0 Å². The maximum absolute atomic E-state index is 5.64. The van der Waals surface area contributed by atoms with E-state index in [4.69, 9.17) is 14.2 Å². The highest BCUT2D eigenvalue weighted by molar-refractivity contribution is 4.91. The molecular weight excluding hydrogens is 216 g/mol. The first-order valence-electron chi connectivity index (χ1n) is 7.16. The SMILES string of the molecule is CC(CCC1CCC2OC2C1)COCC1CO1. The lowest BCUT2D eigenvalue weighted by Crippen LogP contribution is -2.16. The van der Waals surface area contributed by atoms with E-state index in [1.165, 1.54) is 32.1 Å². The average Bonchev–Trinajstić information content (AvgIpc) is 3.20. The lowest BCUT2D eigenvalue weighted by molar-refractivity contribution is 0.0857. The van der Waals surface area contributed by atoms with Crippen molar-refractivity contribution in [2.45, 2.75) is 57.3 Å². The third-order valence-corrected chi connectivity index (χ3v) is 4.29. The Morgan fingerprint density at radius 1 is 1.29 bits per heavy atom. The molecule has 2 aliphatic heterocycles. The molecule has 17 heavy (non-hydrogen) atoms. The summed E-state index contributed by atoms with van der Waals surface area (Å²) in [5, 5.41) is 0. The smallest absolute Gasteiger partial charge is 0.104 e. The number of hydrogen-bond acceptors (Lipinski definition) is 3. The summed E-state index contributed by atoms with van der Waals surface area (Å²) in [4.78, 5) is 0. The summed E-state index contributed by atoms with van der Waals surface area (Å²) >= 11 is 0. The average molecular weight is 240 g/mol. The lowest BCUT2D eigenvalue weighted by atomic mass is 9.84. The van der Waals surface area contributed by atoms with Gasteiger partial charge in [-0.2, -0.15) is 0 Å². The molecule has 3 aliphatic rings. The Kier molecular flexibility index (Phi) is 3.69. The van der Waals surface area contributed by atoms with Crippen molar-refractivity contribution < 1.29 is 14.2 Å². The zero-order valence-electron chi connectivity index (χ0n) is 10.8. The van der Waals surface area contributed by atoms with Gasteiger partial charge in [0.15, 0.2) is 0 Å². The molecule has 1 saturated carbocycles. The van der Waals surface area contributed by atoms with E-state index in [0.717, 1.165) is 25.7 Å². The molecule has 3 heteroatoms. The molecular formula is C14H24O3. The summed E-state index contributed by atoms with van der Waals surface area (Å²) in [5.74, 6) is 1.60. The Morgan fingerprint density at radius 3 is 2.94 bits per heavy atom. The van der Waals surface area contributed by atoms with Crippen LogP contribution in [0, 0.1) is 11.8 Å². The van der Waals surface area contributed by atoms with Crippen LogP contribution < -0.4 is 0 Å². The van der Waals surface area contributed by atoms with Gasteiger partial charge in [-0.15, -0.1) is 0 Å². The predicted octanol–water partition coefficient (Wildman–Crippen LogP) is 2.39. The Morgan fingerprint density at radius 2 is 2.18 bits per heavy atom. The molecule has 2 heterocycles. The van der Waals surface area contributed by atoms with Crippen LogP contribution >= 0.6 is 0 Å². The van der Waals surface area contributed by atoms with Gasteiger partial charge in [0.05, 0.1) is 25.4 Å². The van der Waals surface area contributed by atoms with Crippen LogP contribution in [-0.2, 0) is 14.2 Å². The molecule has 0 amide bonds. The molecule has 5 unspecified atom stereocenters. The second kappa shape index (κ2) is 5.25. The third-order valence-electron chi connectivity index (χ3n) is 4.29. The molecule has 1 aliphatic carbocycles. The molecule has 0 bridgehead atoms. The fraction of sp³-hybridized carbons (Fsp3) is 1.00. The summed E-state index contributed by atoms with van der Waals surface area (Å²) in [6.45, 7) is 4.90. The van der Waals surface area contributed by atoms with E-state index in [-0.39, 0.29) is 0 Å². The normalized spacial score (nSPS) is 40.8. The molecule has 3 nitrogen and oxygen atoms in total. The van der Waals surface area contributed by atoms with Crippen LogP contribution in [-0.4, -0.2) is 38.1 Å². The van der Waals surface area contributed by atoms with Crippen molar-refractivity contribution in [3.8, 4) is 0 Å². The van der Waals surface area contributed by atoms with E-state index < -0.39 is 0 Å². The van der Waals surface area contributed by atoms with Crippen LogP contribution in [0.15, 0.2) is 0 Å². The number of hydrogen-bond donors (Lipinski definition) is 0. The second-order valence-corrected chi connectivity index (χ2v) is 6.07. The quantitative estimate of drug-likeness (QED) is 0.641. The summed E-state index contributed by atoms with van der Waals surface area (Å²) in [6, 6.07) is 0. The van der Waals surface area contributed by atoms with E-state index in [9.17, 15) is 0 Å². The minimum absolute atomic E-state index is 0.407. The summed E-state index contributed by atoms with van der Waals surface area (Å²) in [5.41, 5.74) is 0. The van der Waals surface area contributed by atoms with E-state index >= 15 is 0 Å². The van der Waals surface area contributed by atoms with Crippen LogP contribution in [0.1, 0.15) is 39.0 Å². The molecule has 0 aromatic carbocycles. The van der Waals surface area contributed by atoms with Gasteiger partial charge in [-0.3, -0.25) is 0 Å². The van der Waals surface area contributed by atoms with Crippen molar-refractivity contribution in [3.63, 3.8) is 0 Å². The van der Waals surface area contributed by atoms with Gasteiger partial charge >= 0.3 is 0 Å². The van der Waals surface area contributed by atoms with Crippen molar-refractivity contribution >= 4 is 0 Å². The predicted molar refractivity (Wildman–Crippen MR) is 65.0 cm³/mol. The highest BCUT2D eigenvalue weighted by Crippen LogP contribution is 2.41. The summed E-state index contributed by atoms with van der Waals surface area (Å²) < 4.78 is 16.3. The van der Waals surface area contributed by atoms with Gasteiger partial charge in [0.2, 0.25) is 0 Å². The molecule has 5 atom stereocenters. The fourth-order valence-corrected chi connectivity index (χ4v) is 2.92. The van der Waals surface area contributed by atoms with Crippen molar-refractivity contribution in [2.24, 2.45) is 11.8 Å². The molecule has 0 radical (unpaired) electrons. The largest absolute Gasteiger partial charge is 0.378 e. The van der Waals surface area contributed by atoms with Crippen LogP contribution in [0.5, 0.6) is 0 Å². The number of ether oxygens (including phenoxy) is 3. The number of epoxide rings is 2. The third kappa shape index (κ3) is 3.67. The Hall–Kier alpha value is -0.120. The van der Waals surface area contributed by atoms with Gasteiger partial charge in [-0.05, 0) is 37.5 Å². The van der Waals surface area contributed by atoms with Crippen LogP contribution in [0.3, 0.4) is 0 Å². The monoisotopic (exact) mass is 240 g/mol. The van der Waals surface area contributed by atoms with Gasteiger partial charge in [-0.1, -0.05) is 13.3 Å². The zero-order valence-corrected chi connectivity index (χ0v) is 10.8. The van der Waals surface area contributed by atoms with Crippen LogP contribution in [0.2, 0.25) is 0 Å². The number of fused-ring (bicyclic) bond motifs is 1. The molecule has 3 rings (SSSR count). The molecule has 0 aromatic rings. The van der Waals surface area contributed by atoms with Gasteiger partial charge in [0.25, 0.3) is 0 Å². The minimum atomic E-state index is 0.407. The van der Waals surface area contributed by atoms with Gasteiger partial charge < -0.3 is 14.2 Å². The van der Waals surface area contributed by atoms with Gasteiger partial charge in [-0.25, -0.2) is 0 Å². The van der Waals surface area contributed by atoms with E-state index in [1.807, 2.05) is 0 Å². The minimum Gasteiger partial charge on any atom is -0.378 e. The zero-order chi connectivity index (χ0) is 11.7. The summed E-state index contributed by atoms with van der Waals surface area (Å²) in [6.07, 6.45) is 8.34. The maximum Gasteiger partial charge on any atom is 0.104 e. The first-order chi connectivity index (χ1) is 8.31. The Balaban J connectivity index is 1.24. The number of rotatable bonds is 7. The molecule has 0 aromatic heterocycles. The van der Waals surface area contributed by atoms with Crippen molar-refractivity contribution in [2.75, 3.05) is 19.8 Å². The molecule has 2 saturated heterocycles. The molecule has 0 spiro atoms. The second-order valence-electron chi connectivity index (χ2n) is 6.07. The first kappa shape index (κ1) is 11.9. The van der Waals surface area contributed by atoms with Crippen molar-refractivity contribution in [3.05, 3.63) is 0 Å². The highest BCUT2D eigenvalue weighted by atomic mass is 16.6. The van der Waals surface area contributed by atoms with E-state index in [2.05, 4.69) is 6.92 Å². The standard InChI is InChI=1S/C14H24O3/c1-10(7-15-8-12-9-16-12)2-3-11-4-5-13-14(6-11)17-13/h10-14H,2-9H2,1H3. The maximum atomic E-state index is 5.64. The molecule has 3 fully saturated rings. The van der Waals surface area contributed by atoms with Crippen LogP contribution in [0.25, 0.3) is 0 Å².